The molecule has 0 aliphatic carbocycles. The molecule has 21 N–H and O–H groups in total. The first-order valence-corrected chi connectivity index (χ1v) is 22.8. The van der Waals surface area contributed by atoms with Gasteiger partial charge in [0, 0.05) is 24.7 Å². The summed E-state index contributed by atoms with van der Waals surface area (Å²) in [6, 6.07) is -15.5. The number of imidazole rings is 1. The number of carboxylic acids is 4. The first kappa shape index (κ1) is 63.7. The predicted molar refractivity (Wildman–Crippen MR) is 250 cm³/mol. The van der Waals surface area contributed by atoms with Gasteiger partial charge in [-0.1, -0.05) is 13.8 Å². The fourth-order valence-corrected chi connectivity index (χ4v) is 6.63. The molecule has 0 fully saturated rings. The van der Waals surface area contributed by atoms with Crippen molar-refractivity contribution in [3.05, 3.63) is 18.2 Å². The van der Waals surface area contributed by atoms with Gasteiger partial charge in [-0.3, -0.25) is 62.3 Å². The van der Waals surface area contributed by atoms with E-state index in [2.05, 4.69) is 47.2 Å². The molecule has 0 saturated heterocycles. The maximum Gasteiger partial charge on any atom is 0.326 e. The summed E-state index contributed by atoms with van der Waals surface area (Å²) in [5.74, 6) is -18.2. The van der Waals surface area contributed by atoms with Crippen LogP contribution in [0.4, 0.5) is 0 Å². The number of H-pyrrole nitrogens is 1. The van der Waals surface area contributed by atoms with Crippen LogP contribution in [0.3, 0.4) is 0 Å². The van der Waals surface area contributed by atoms with Gasteiger partial charge in [0.05, 0.1) is 38.1 Å². The summed E-state index contributed by atoms with van der Waals surface area (Å²) in [5.41, 5.74) is 22.2. The maximum absolute atomic E-state index is 13.8. The quantitative estimate of drug-likeness (QED) is 0.0278. The lowest BCUT2D eigenvalue weighted by Gasteiger charge is -2.27. The van der Waals surface area contributed by atoms with Crippen molar-refractivity contribution >= 4 is 82.9 Å². The molecule has 0 spiro atoms. The molecular weight excluding hydrogens is 989 g/mol. The van der Waals surface area contributed by atoms with Crippen LogP contribution in [0.2, 0.25) is 0 Å². The van der Waals surface area contributed by atoms with Crippen LogP contribution in [-0.2, 0) is 73.5 Å². The van der Waals surface area contributed by atoms with E-state index in [0.29, 0.717) is 6.42 Å². The van der Waals surface area contributed by atoms with Crippen LogP contribution in [0.5, 0.6) is 0 Å². The number of hydrogen-bond donors (Lipinski definition) is 17. The molecule has 0 unspecified atom stereocenters. The zero-order valence-corrected chi connectivity index (χ0v) is 40.7. The minimum absolute atomic E-state index is 0.0501. The normalized spacial score (nSPS) is 14.6. The Labute approximate surface area is 421 Å². The number of hydrogen-bond acceptors (Lipinski definition) is 17. The van der Waals surface area contributed by atoms with E-state index in [1.54, 1.807) is 13.8 Å². The lowest BCUT2D eigenvalue weighted by atomic mass is 10.0. The molecule has 74 heavy (non-hydrogen) atoms. The Hall–Kier alpha value is -8.29. The Kier molecular flexibility index (Phi) is 27.5. The molecule has 1 aromatic heterocycles. The fraction of sp³-hybridized carbons (Fsp3) is 0.595. The average Bonchev–Trinajstić information content (AvgIpc) is 3.80. The number of nitrogens with two attached hydrogens (primary N) is 4. The molecule has 0 radical (unpaired) electrons. The van der Waals surface area contributed by atoms with Gasteiger partial charge in [0.25, 0.3) is 0 Å². The monoisotopic (exact) mass is 1050 g/mol. The molecule has 1 rings (SSSR count). The zero-order chi connectivity index (χ0) is 56.4. The molecule has 10 amide bonds. The Morgan fingerprint density at radius 2 is 0.946 bits per heavy atom. The van der Waals surface area contributed by atoms with Gasteiger partial charge < -0.3 is 90.9 Å². The molecule has 32 heteroatoms. The van der Waals surface area contributed by atoms with Crippen molar-refractivity contribution in [1.82, 2.24) is 52.5 Å². The summed E-state index contributed by atoms with van der Waals surface area (Å²) in [6.07, 6.45) is -2.90. The number of nitrogens with zero attached hydrogens (tertiary/aromatic N) is 1. The van der Waals surface area contributed by atoms with Crippen LogP contribution < -0.4 is 65.5 Å². The third-order valence-electron chi connectivity index (χ3n) is 10.4. The van der Waals surface area contributed by atoms with Gasteiger partial charge in [-0.05, 0) is 51.5 Å². The molecule has 0 aliphatic rings. The molecule has 0 bridgehead atoms. The SMILES string of the molecule is CC(C)C[C@H](N)C(=O)N[C@@H](CC(N)=O)C(=O)N[C@@H](CC(N)=O)C(=O)N[C@@H](C)C(=O)N[C@@H](CCC(=O)O)C(=O)N[C@@H](CC(=O)O)C(=O)N[C@@H](Cc1cnc[nH]1)C(=O)N[C@@H](CCCCN)C(=O)N[C@@H](CC(=O)O)C(=O)O. The number of carboxylic acid groups (broad SMARTS) is 4. The second-order valence-electron chi connectivity index (χ2n) is 17.3. The highest BCUT2D eigenvalue weighted by Crippen LogP contribution is 2.09. The number of aromatic amines is 1. The number of aliphatic carboxylic acids is 4. The lowest BCUT2D eigenvalue weighted by Crippen LogP contribution is -2.60. The van der Waals surface area contributed by atoms with Crippen molar-refractivity contribution < 1.29 is 87.5 Å². The zero-order valence-electron chi connectivity index (χ0n) is 40.7. The van der Waals surface area contributed by atoms with Gasteiger partial charge in [0.2, 0.25) is 59.1 Å². The van der Waals surface area contributed by atoms with Gasteiger partial charge >= 0.3 is 23.9 Å². The standard InChI is InChI=1S/C42H66N14O18/c1-18(2)10-21(44)35(66)52-26(13-30(46)58)40(71)54-25(12-29(45)57)38(69)49-19(3)34(65)50-23(7-8-31(59)60)37(68)55-27(14-32(61)62)41(72)53-24(11-20-16-47-17-48-20)39(70)51-22(6-4-5-9-43)36(67)56-28(42(73)74)15-33(63)64/h16-19,21-28H,4-15,43-44H2,1-3H3,(H2,45,57)(H2,46,58)(H,47,48)(H,49,69)(H,50,65)(H,51,70)(H,52,66)(H,53,72)(H,54,71)(H,55,68)(H,56,67)(H,59,60)(H,61,62)(H,63,64)(H,73,74)/t19-,21-,22-,23-,24-,25-,26-,27-,28-/m0/s1. The summed E-state index contributed by atoms with van der Waals surface area (Å²) in [7, 11) is 0. The van der Waals surface area contributed by atoms with E-state index < -0.39 is 182 Å². The minimum atomic E-state index is -2.08. The van der Waals surface area contributed by atoms with E-state index >= 15 is 0 Å². The van der Waals surface area contributed by atoms with Crippen LogP contribution >= 0.6 is 0 Å². The predicted octanol–water partition coefficient (Wildman–Crippen LogP) is -7.00. The third kappa shape index (κ3) is 24.7. The molecule has 0 aromatic carbocycles. The van der Waals surface area contributed by atoms with Crippen LogP contribution in [0, 0.1) is 5.92 Å². The second kappa shape index (κ2) is 31.9. The van der Waals surface area contributed by atoms with Gasteiger partial charge in [-0.25, -0.2) is 9.78 Å². The molecular formula is C42H66N14O18. The van der Waals surface area contributed by atoms with E-state index in [1.807, 2.05) is 5.32 Å². The van der Waals surface area contributed by atoms with E-state index in [9.17, 15) is 82.4 Å². The molecule has 9 atom stereocenters. The van der Waals surface area contributed by atoms with Gasteiger partial charge in [-0.15, -0.1) is 0 Å². The molecule has 0 aliphatic heterocycles. The molecule has 1 aromatic rings. The average molecular weight is 1060 g/mol. The topological polar surface area (TPSA) is 549 Å². The van der Waals surface area contributed by atoms with Crippen molar-refractivity contribution in [1.29, 1.82) is 0 Å². The Balaban J connectivity index is 3.43. The van der Waals surface area contributed by atoms with E-state index in [4.69, 9.17) is 28.0 Å². The summed E-state index contributed by atoms with van der Waals surface area (Å²) in [6.45, 7) is 4.73. The van der Waals surface area contributed by atoms with E-state index in [-0.39, 0.29) is 37.4 Å². The fourth-order valence-electron chi connectivity index (χ4n) is 6.63. The van der Waals surface area contributed by atoms with Gasteiger partial charge in [0.15, 0.2) is 0 Å². The minimum Gasteiger partial charge on any atom is -0.481 e. The maximum atomic E-state index is 13.8. The highest BCUT2D eigenvalue weighted by Gasteiger charge is 2.36. The Morgan fingerprint density at radius 1 is 0.527 bits per heavy atom. The second-order valence-corrected chi connectivity index (χ2v) is 17.3. The Morgan fingerprint density at radius 3 is 1.41 bits per heavy atom. The smallest absolute Gasteiger partial charge is 0.326 e. The van der Waals surface area contributed by atoms with Crippen LogP contribution in [0.15, 0.2) is 12.5 Å². The van der Waals surface area contributed by atoms with E-state index in [0.717, 1.165) is 6.92 Å². The number of rotatable bonds is 36. The number of carbonyl (C=O) groups is 14. The largest absolute Gasteiger partial charge is 0.481 e. The van der Waals surface area contributed by atoms with Crippen LogP contribution in [0.1, 0.15) is 90.7 Å². The molecule has 412 valence electrons. The molecule has 0 saturated carbocycles. The van der Waals surface area contributed by atoms with Crippen molar-refractivity contribution in [3.63, 3.8) is 0 Å². The first-order chi connectivity index (χ1) is 34.5. The number of amides is 10. The number of aromatic nitrogens is 2. The summed E-state index contributed by atoms with van der Waals surface area (Å²) < 4.78 is 0. The lowest BCUT2D eigenvalue weighted by molar-refractivity contribution is -0.147. The van der Waals surface area contributed by atoms with Crippen molar-refractivity contribution in [2.24, 2.45) is 28.9 Å². The highest BCUT2D eigenvalue weighted by atomic mass is 16.4. The molecule has 1 heterocycles. The van der Waals surface area contributed by atoms with Gasteiger partial charge in [0.1, 0.15) is 48.3 Å². The highest BCUT2D eigenvalue weighted by molar-refractivity contribution is 6.00. The summed E-state index contributed by atoms with van der Waals surface area (Å²) >= 11 is 0. The first-order valence-electron chi connectivity index (χ1n) is 22.8. The van der Waals surface area contributed by atoms with Crippen molar-refractivity contribution in [3.8, 4) is 0 Å². The van der Waals surface area contributed by atoms with Crippen molar-refractivity contribution in [2.75, 3.05) is 6.54 Å². The summed E-state index contributed by atoms with van der Waals surface area (Å²) in [5, 5.41) is 55.2. The summed E-state index contributed by atoms with van der Waals surface area (Å²) in [4.78, 5) is 184. The van der Waals surface area contributed by atoms with Crippen LogP contribution in [0.25, 0.3) is 0 Å². The van der Waals surface area contributed by atoms with Crippen LogP contribution in [-0.4, -0.2) is 174 Å². The van der Waals surface area contributed by atoms with Crippen molar-refractivity contribution in [2.45, 2.75) is 146 Å². The molecule has 32 nitrogen and oxygen atoms in total. The number of carbonyl (C=O) groups excluding carboxylic acids is 10. The number of primary amides is 2. The Bertz CT molecular complexity index is 2190. The third-order valence-corrected chi connectivity index (χ3v) is 10.4. The van der Waals surface area contributed by atoms with E-state index in [1.165, 1.54) is 12.5 Å². The number of nitrogens with one attached hydrogen (secondary N) is 9. The van der Waals surface area contributed by atoms with Gasteiger partial charge in [-0.2, -0.15) is 0 Å². The number of unbranched alkanes of at least 4 members (excludes halogenated alkanes) is 1.